The van der Waals surface area contributed by atoms with E-state index in [9.17, 15) is 9.59 Å². The highest BCUT2D eigenvalue weighted by molar-refractivity contribution is 5.81. The fourth-order valence-corrected chi connectivity index (χ4v) is 3.34. The average Bonchev–Trinajstić information content (AvgIpc) is 2.81. The molecule has 108 valence electrons. The molecule has 1 saturated carbocycles. The van der Waals surface area contributed by atoms with Crippen LogP contribution in [0.1, 0.15) is 46.5 Å². The Labute approximate surface area is 115 Å². The van der Waals surface area contributed by atoms with Gasteiger partial charge in [0.05, 0.1) is 5.92 Å². The molecular weight excluding hydrogens is 242 g/mol. The lowest BCUT2D eigenvalue weighted by Crippen LogP contribution is -2.49. The molecule has 2 rings (SSSR count). The summed E-state index contributed by atoms with van der Waals surface area (Å²) >= 11 is 0. The molecule has 0 spiro atoms. The van der Waals surface area contributed by atoms with E-state index in [0.29, 0.717) is 18.8 Å². The standard InChI is InChI=1S/C15H25NO3/c1-10-6-7-16(9-15(10,2)3)13(17)11-4-5-12(8-11)14(18)19/h10-12H,4-9H2,1-3H3,(H,18,19)/t10?,11-,12+/m1/s1. The van der Waals surface area contributed by atoms with E-state index in [1.807, 2.05) is 4.90 Å². The first-order valence-electron chi connectivity index (χ1n) is 7.33. The maximum Gasteiger partial charge on any atom is 0.306 e. The lowest BCUT2D eigenvalue weighted by atomic mass is 9.75. The van der Waals surface area contributed by atoms with E-state index in [-0.39, 0.29) is 23.2 Å². The van der Waals surface area contributed by atoms with Gasteiger partial charge in [0.2, 0.25) is 5.91 Å². The molecule has 0 aromatic heterocycles. The number of amides is 1. The van der Waals surface area contributed by atoms with Gasteiger partial charge in [0, 0.05) is 19.0 Å². The molecular formula is C15H25NO3. The molecule has 0 bridgehead atoms. The van der Waals surface area contributed by atoms with Crippen LogP contribution in [0.15, 0.2) is 0 Å². The van der Waals surface area contributed by atoms with Gasteiger partial charge in [-0.05, 0) is 37.0 Å². The molecule has 1 unspecified atom stereocenters. The highest BCUT2D eigenvalue weighted by atomic mass is 16.4. The predicted molar refractivity (Wildman–Crippen MR) is 72.6 cm³/mol. The Bertz CT molecular complexity index is 378. The van der Waals surface area contributed by atoms with Crippen molar-refractivity contribution in [3.63, 3.8) is 0 Å². The number of carbonyl (C=O) groups excluding carboxylic acids is 1. The van der Waals surface area contributed by atoms with Crippen LogP contribution in [0.25, 0.3) is 0 Å². The van der Waals surface area contributed by atoms with Crippen LogP contribution in [0.2, 0.25) is 0 Å². The Kier molecular flexibility index (Phi) is 3.88. The van der Waals surface area contributed by atoms with E-state index >= 15 is 0 Å². The molecule has 3 atom stereocenters. The summed E-state index contributed by atoms with van der Waals surface area (Å²) < 4.78 is 0. The summed E-state index contributed by atoms with van der Waals surface area (Å²) in [5.74, 6) is -0.311. The van der Waals surface area contributed by atoms with Crippen LogP contribution in [0.3, 0.4) is 0 Å². The molecule has 1 heterocycles. The highest BCUT2D eigenvalue weighted by Gasteiger charge is 2.40. The molecule has 4 heteroatoms. The van der Waals surface area contributed by atoms with E-state index < -0.39 is 5.97 Å². The second-order valence-electron chi connectivity index (χ2n) is 6.98. The van der Waals surface area contributed by atoms with Gasteiger partial charge in [-0.3, -0.25) is 9.59 Å². The minimum Gasteiger partial charge on any atom is -0.481 e. The van der Waals surface area contributed by atoms with Gasteiger partial charge in [-0.15, -0.1) is 0 Å². The van der Waals surface area contributed by atoms with Crippen LogP contribution in [0.5, 0.6) is 0 Å². The smallest absolute Gasteiger partial charge is 0.306 e. The van der Waals surface area contributed by atoms with Gasteiger partial charge in [-0.2, -0.15) is 0 Å². The van der Waals surface area contributed by atoms with E-state index in [4.69, 9.17) is 5.11 Å². The lowest BCUT2D eigenvalue weighted by Gasteiger charge is -2.43. The fraction of sp³-hybridized carbons (Fsp3) is 0.867. The number of likely N-dealkylation sites (tertiary alicyclic amines) is 1. The van der Waals surface area contributed by atoms with Crippen molar-refractivity contribution in [2.24, 2.45) is 23.2 Å². The first kappa shape index (κ1) is 14.4. The van der Waals surface area contributed by atoms with Gasteiger partial charge in [0.15, 0.2) is 0 Å². The summed E-state index contributed by atoms with van der Waals surface area (Å²) in [5, 5.41) is 9.02. The molecule has 4 nitrogen and oxygen atoms in total. The molecule has 1 N–H and O–H groups in total. The molecule has 19 heavy (non-hydrogen) atoms. The number of hydrogen-bond acceptors (Lipinski definition) is 2. The number of carboxylic acids is 1. The van der Waals surface area contributed by atoms with Crippen LogP contribution < -0.4 is 0 Å². The third-order valence-corrected chi connectivity index (χ3v) is 5.21. The third kappa shape index (κ3) is 2.93. The SMILES string of the molecule is CC1CCN(C(=O)[C@@H]2CC[C@H](C(=O)O)C2)CC1(C)C. The number of nitrogens with zero attached hydrogens (tertiary/aromatic N) is 1. The monoisotopic (exact) mass is 267 g/mol. The Balaban J connectivity index is 1.96. The van der Waals surface area contributed by atoms with Gasteiger partial charge < -0.3 is 10.0 Å². The van der Waals surface area contributed by atoms with Crippen molar-refractivity contribution in [3.8, 4) is 0 Å². The Morgan fingerprint density at radius 3 is 2.32 bits per heavy atom. The summed E-state index contributed by atoms with van der Waals surface area (Å²) in [7, 11) is 0. The van der Waals surface area contributed by atoms with Gasteiger partial charge in [0.1, 0.15) is 0 Å². The predicted octanol–water partition coefficient (Wildman–Crippen LogP) is 2.38. The van der Waals surface area contributed by atoms with Crippen molar-refractivity contribution in [1.82, 2.24) is 4.90 Å². The number of carboxylic acid groups (broad SMARTS) is 1. The highest BCUT2D eigenvalue weighted by Crippen LogP contribution is 2.37. The third-order valence-electron chi connectivity index (χ3n) is 5.21. The maximum atomic E-state index is 12.5. The van der Waals surface area contributed by atoms with Crippen molar-refractivity contribution in [2.75, 3.05) is 13.1 Å². The van der Waals surface area contributed by atoms with Gasteiger partial charge in [-0.1, -0.05) is 20.8 Å². The lowest BCUT2D eigenvalue weighted by molar-refractivity contribution is -0.142. The van der Waals surface area contributed by atoms with Crippen molar-refractivity contribution < 1.29 is 14.7 Å². The van der Waals surface area contributed by atoms with Crippen molar-refractivity contribution in [1.29, 1.82) is 0 Å². The maximum absolute atomic E-state index is 12.5. The van der Waals surface area contributed by atoms with E-state index in [1.165, 1.54) is 0 Å². The second-order valence-corrected chi connectivity index (χ2v) is 6.98. The van der Waals surface area contributed by atoms with Crippen molar-refractivity contribution >= 4 is 11.9 Å². The molecule has 1 aliphatic carbocycles. The molecule has 0 aromatic rings. The van der Waals surface area contributed by atoms with E-state index in [2.05, 4.69) is 20.8 Å². The average molecular weight is 267 g/mol. The molecule has 1 amide bonds. The first-order chi connectivity index (χ1) is 8.81. The summed E-state index contributed by atoms with van der Waals surface area (Å²) in [6.07, 6.45) is 2.97. The van der Waals surface area contributed by atoms with Crippen molar-refractivity contribution in [2.45, 2.75) is 46.5 Å². The number of rotatable bonds is 2. The summed E-state index contributed by atoms with van der Waals surface area (Å²) in [6.45, 7) is 8.31. The Morgan fingerprint density at radius 1 is 1.16 bits per heavy atom. The first-order valence-corrected chi connectivity index (χ1v) is 7.33. The van der Waals surface area contributed by atoms with Crippen molar-refractivity contribution in [3.05, 3.63) is 0 Å². The van der Waals surface area contributed by atoms with E-state index in [0.717, 1.165) is 25.9 Å². The molecule has 1 aliphatic heterocycles. The molecule has 0 aromatic carbocycles. The quantitative estimate of drug-likeness (QED) is 0.835. The fourth-order valence-electron chi connectivity index (χ4n) is 3.34. The number of piperidine rings is 1. The van der Waals surface area contributed by atoms with Gasteiger partial charge in [-0.25, -0.2) is 0 Å². The van der Waals surface area contributed by atoms with Gasteiger partial charge >= 0.3 is 5.97 Å². The summed E-state index contributed by atoms with van der Waals surface area (Å²) in [6, 6.07) is 0. The zero-order valence-electron chi connectivity index (χ0n) is 12.2. The summed E-state index contributed by atoms with van der Waals surface area (Å²) in [5.41, 5.74) is 0.165. The Hall–Kier alpha value is -1.06. The minimum absolute atomic E-state index is 0.0645. The van der Waals surface area contributed by atoms with E-state index in [1.54, 1.807) is 0 Å². The molecule has 0 radical (unpaired) electrons. The van der Waals surface area contributed by atoms with Crippen LogP contribution in [-0.2, 0) is 9.59 Å². The number of aliphatic carboxylic acids is 1. The molecule has 2 aliphatic rings. The summed E-state index contributed by atoms with van der Waals surface area (Å²) in [4.78, 5) is 25.4. The topological polar surface area (TPSA) is 57.6 Å². The molecule has 2 fully saturated rings. The number of carbonyl (C=O) groups is 2. The minimum atomic E-state index is -0.747. The largest absolute Gasteiger partial charge is 0.481 e. The zero-order valence-corrected chi connectivity index (χ0v) is 12.2. The van der Waals surface area contributed by atoms with Crippen LogP contribution >= 0.6 is 0 Å². The normalized spacial score (nSPS) is 34.3. The second kappa shape index (κ2) is 5.14. The van der Waals surface area contributed by atoms with Crippen LogP contribution in [0.4, 0.5) is 0 Å². The zero-order chi connectivity index (χ0) is 14.2. The number of hydrogen-bond donors (Lipinski definition) is 1. The van der Waals surface area contributed by atoms with Gasteiger partial charge in [0.25, 0.3) is 0 Å². The molecule has 1 saturated heterocycles. The van der Waals surface area contributed by atoms with Crippen LogP contribution in [-0.4, -0.2) is 35.0 Å². The van der Waals surface area contributed by atoms with Crippen LogP contribution in [0, 0.1) is 23.2 Å². The Morgan fingerprint density at radius 2 is 1.79 bits per heavy atom.